The lowest BCUT2D eigenvalue weighted by molar-refractivity contribution is 0.0529. The third kappa shape index (κ3) is 4.52. The van der Waals surface area contributed by atoms with Gasteiger partial charge in [0.25, 0.3) is 0 Å². The van der Waals surface area contributed by atoms with E-state index in [9.17, 15) is 4.79 Å². The van der Waals surface area contributed by atoms with Crippen LogP contribution in [0.2, 0.25) is 5.02 Å². The van der Waals surface area contributed by atoms with E-state index in [1.807, 2.05) is 19.1 Å². The molecule has 0 aliphatic rings. The van der Waals surface area contributed by atoms with Gasteiger partial charge in [-0.25, -0.2) is 14.3 Å². The fourth-order valence-corrected chi connectivity index (χ4v) is 2.94. The number of hydrogen-bond acceptors (Lipinski definition) is 8. The average molecular weight is 419 g/mol. The van der Waals surface area contributed by atoms with Gasteiger partial charge in [0.2, 0.25) is 0 Å². The van der Waals surface area contributed by atoms with E-state index in [1.165, 1.54) is 4.52 Å². The van der Waals surface area contributed by atoms with Crippen LogP contribution in [-0.2, 0) is 11.3 Å². The summed E-state index contributed by atoms with van der Waals surface area (Å²) in [7, 11) is 0. The van der Waals surface area contributed by atoms with E-state index < -0.39 is 5.97 Å². The monoisotopic (exact) mass is 418 g/mol. The number of carbonyl (C=O) groups is 1. The molecule has 0 fully saturated rings. The molecule has 5 N–H and O–H groups in total. The summed E-state index contributed by atoms with van der Waals surface area (Å²) in [5.74, 6) is 0.651. The molecule has 2 heterocycles. The topological polar surface area (TPSA) is 130 Å². The van der Waals surface area contributed by atoms with Crippen molar-refractivity contribution in [3.63, 3.8) is 0 Å². The van der Waals surface area contributed by atoms with Crippen LogP contribution in [-0.4, -0.2) is 39.8 Å². The minimum absolute atomic E-state index is 0.0608. The molecule has 3 rings (SSSR count). The number of fused-ring (bicyclic) bond motifs is 1. The highest BCUT2D eigenvalue weighted by molar-refractivity contribution is 6.31. The number of esters is 1. The number of halogens is 1. The zero-order valence-corrected chi connectivity index (χ0v) is 16.9. The SMILES string of the molecule is CCOC(=O)c1c(N)nn2ccc(NCc3c(Cl)cccc3O[C@@H](C)CN)nc12. The first-order valence-corrected chi connectivity index (χ1v) is 9.52. The maximum atomic E-state index is 12.2. The summed E-state index contributed by atoms with van der Waals surface area (Å²) in [6.07, 6.45) is 1.51. The van der Waals surface area contributed by atoms with Gasteiger partial charge in [-0.1, -0.05) is 17.7 Å². The zero-order chi connectivity index (χ0) is 21.0. The summed E-state index contributed by atoms with van der Waals surface area (Å²) in [5.41, 5.74) is 12.7. The number of benzene rings is 1. The number of ether oxygens (including phenoxy) is 2. The summed E-state index contributed by atoms with van der Waals surface area (Å²) in [5, 5.41) is 7.85. The zero-order valence-electron chi connectivity index (χ0n) is 16.2. The second-order valence-electron chi connectivity index (χ2n) is 6.30. The van der Waals surface area contributed by atoms with E-state index in [-0.39, 0.29) is 24.1 Å². The molecule has 0 radical (unpaired) electrons. The Balaban J connectivity index is 1.86. The van der Waals surface area contributed by atoms with E-state index in [4.69, 9.17) is 32.5 Å². The Morgan fingerprint density at radius 3 is 2.90 bits per heavy atom. The molecule has 2 aromatic heterocycles. The molecular weight excluding hydrogens is 396 g/mol. The maximum absolute atomic E-state index is 12.2. The van der Waals surface area contributed by atoms with Crippen LogP contribution in [0.4, 0.5) is 11.6 Å². The predicted octanol–water partition coefficient (Wildman–Crippen LogP) is 2.48. The quantitative estimate of drug-likeness (QED) is 0.475. The summed E-state index contributed by atoms with van der Waals surface area (Å²) >= 11 is 6.36. The molecule has 0 aliphatic heterocycles. The van der Waals surface area contributed by atoms with Crippen molar-refractivity contribution in [1.29, 1.82) is 0 Å². The van der Waals surface area contributed by atoms with E-state index in [2.05, 4.69) is 15.4 Å². The van der Waals surface area contributed by atoms with Crippen LogP contribution < -0.4 is 21.5 Å². The van der Waals surface area contributed by atoms with Gasteiger partial charge >= 0.3 is 5.97 Å². The van der Waals surface area contributed by atoms with E-state index in [1.54, 1.807) is 25.3 Å². The minimum Gasteiger partial charge on any atom is -0.489 e. The first-order chi connectivity index (χ1) is 13.9. The molecule has 29 heavy (non-hydrogen) atoms. The van der Waals surface area contributed by atoms with E-state index in [0.29, 0.717) is 35.3 Å². The number of nitrogens with zero attached hydrogens (tertiary/aromatic N) is 3. The fraction of sp³-hybridized carbons (Fsp3) is 0.316. The lowest BCUT2D eigenvalue weighted by Gasteiger charge is -2.17. The first kappa shape index (κ1) is 20.7. The van der Waals surface area contributed by atoms with Crippen molar-refractivity contribution >= 4 is 34.9 Å². The second kappa shape index (κ2) is 8.97. The Morgan fingerprint density at radius 1 is 1.38 bits per heavy atom. The number of nitrogen functional groups attached to an aromatic ring is 1. The van der Waals surface area contributed by atoms with Gasteiger partial charge in [-0.15, -0.1) is 5.10 Å². The average Bonchev–Trinajstić information content (AvgIpc) is 3.02. The lowest BCUT2D eigenvalue weighted by Crippen LogP contribution is -2.23. The minimum atomic E-state index is -0.567. The van der Waals surface area contributed by atoms with Gasteiger partial charge in [0.15, 0.2) is 11.5 Å². The highest BCUT2D eigenvalue weighted by Gasteiger charge is 2.21. The van der Waals surface area contributed by atoms with Crippen LogP contribution >= 0.6 is 11.6 Å². The number of rotatable bonds is 8. The van der Waals surface area contributed by atoms with Crippen molar-refractivity contribution in [1.82, 2.24) is 14.6 Å². The van der Waals surface area contributed by atoms with Gasteiger partial charge in [0.1, 0.15) is 23.2 Å². The van der Waals surface area contributed by atoms with Crippen LogP contribution in [0.1, 0.15) is 29.8 Å². The second-order valence-corrected chi connectivity index (χ2v) is 6.70. The molecule has 0 aliphatic carbocycles. The lowest BCUT2D eigenvalue weighted by atomic mass is 10.2. The molecule has 0 saturated carbocycles. The molecule has 9 nitrogen and oxygen atoms in total. The van der Waals surface area contributed by atoms with E-state index >= 15 is 0 Å². The molecule has 10 heteroatoms. The van der Waals surface area contributed by atoms with Crippen LogP contribution in [0.3, 0.4) is 0 Å². The first-order valence-electron chi connectivity index (χ1n) is 9.14. The molecule has 0 amide bonds. The molecule has 0 unspecified atom stereocenters. The molecule has 0 bridgehead atoms. The van der Waals surface area contributed by atoms with Gasteiger partial charge in [-0.05, 0) is 32.0 Å². The highest BCUT2D eigenvalue weighted by atomic mass is 35.5. The van der Waals surface area contributed by atoms with Crippen molar-refractivity contribution in [2.75, 3.05) is 24.2 Å². The smallest absolute Gasteiger partial charge is 0.345 e. The predicted molar refractivity (Wildman–Crippen MR) is 111 cm³/mol. The molecule has 154 valence electrons. The van der Waals surface area contributed by atoms with E-state index in [0.717, 1.165) is 5.56 Å². The Hall–Kier alpha value is -3.04. The molecule has 0 saturated heterocycles. The number of carbonyl (C=O) groups excluding carboxylic acids is 1. The fourth-order valence-electron chi connectivity index (χ4n) is 2.71. The van der Waals surface area contributed by atoms with Crippen molar-refractivity contribution < 1.29 is 14.3 Å². The number of anilines is 2. The third-order valence-corrected chi connectivity index (χ3v) is 4.53. The molecular formula is C19H23ClN6O3. The Morgan fingerprint density at radius 2 is 2.17 bits per heavy atom. The molecule has 1 atom stereocenters. The van der Waals surface area contributed by atoms with Crippen molar-refractivity contribution in [3.8, 4) is 5.75 Å². The Kier molecular flexibility index (Phi) is 6.40. The normalized spacial score (nSPS) is 12.0. The van der Waals surface area contributed by atoms with Crippen LogP contribution in [0.25, 0.3) is 5.65 Å². The van der Waals surface area contributed by atoms with Crippen molar-refractivity contribution in [2.24, 2.45) is 5.73 Å². The third-order valence-electron chi connectivity index (χ3n) is 4.17. The summed E-state index contributed by atoms with van der Waals surface area (Å²) < 4.78 is 12.3. The van der Waals surface area contributed by atoms with Crippen molar-refractivity contribution in [2.45, 2.75) is 26.5 Å². The Bertz CT molecular complexity index is 1020. The van der Waals surface area contributed by atoms with Crippen LogP contribution in [0.15, 0.2) is 30.5 Å². The van der Waals surface area contributed by atoms with Crippen molar-refractivity contribution in [3.05, 3.63) is 46.6 Å². The summed E-state index contributed by atoms with van der Waals surface area (Å²) in [6, 6.07) is 7.15. The van der Waals surface area contributed by atoms with Crippen LogP contribution in [0, 0.1) is 0 Å². The van der Waals surface area contributed by atoms with Gasteiger partial charge in [0.05, 0.1) is 6.61 Å². The largest absolute Gasteiger partial charge is 0.489 e. The van der Waals surface area contributed by atoms with Gasteiger partial charge in [-0.2, -0.15) is 0 Å². The maximum Gasteiger partial charge on any atom is 0.345 e. The highest BCUT2D eigenvalue weighted by Crippen LogP contribution is 2.28. The molecule has 1 aromatic carbocycles. The number of nitrogens with two attached hydrogens (primary N) is 2. The molecule has 3 aromatic rings. The van der Waals surface area contributed by atoms with Crippen LogP contribution in [0.5, 0.6) is 5.75 Å². The van der Waals surface area contributed by atoms with Gasteiger partial charge in [0, 0.05) is 29.9 Å². The number of aromatic nitrogens is 3. The van der Waals surface area contributed by atoms with Gasteiger partial charge < -0.3 is 26.3 Å². The standard InChI is InChI=1S/C19H23ClN6O3/c1-3-28-19(27)16-17(22)25-26-8-7-15(24-18(16)26)23-10-12-13(20)5-4-6-14(12)29-11(2)9-21/h4-8,11H,3,9-10,21H2,1-2H3,(H2,22,25)(H,23,24)/t11-/m0/s1. The Labute approximate surface area is 172 Å². The molecule has 0 spiro atoms. The van der Waals surface area contributed by atoms with Gasteiger partial charge in [-0.3, -0.25) is 0 Å². The number of nitrogens with one attached hydrogen (secondary N) is 1. The number of hydrogen-bond donors (Lipinski definition) is 3. The summed E-state index contributed by atoms with van der Waals surface area (Å²) in [6.45, 7) is 4.57. The summed E-state index contributed by atoms with van der Waals surface area (Å²) in [4.78, 5) is 16.6.